The number of fused-ring (bicyclic) bond motifs is 1. The third kappa shape index (κ3) is 3.51. The van der Waals surface area contributed by atoms with Gasteiger partial charge in [-0.2, -0.15) is 0 Å². The Hall–Kier alpha value is -2.92. The van der Waals surface area contributed by atoms with Gasteiger partial charge in [-0.25, -0.2) is 4.98 Å². The van der Waals surface area contributed by atoms with Gasteiger partial charge in [0.2, 0.25) is 5.78 Å². The van der Waals surface area contributed by atoms with Crippen molar-refractivity contribution in [2.75, 3.05) is 14.2 Å². The first-order chi connectivity index (χ1) is 13.2. The highest BCUT2D eigenvalue weighted by molar-refractivity contribution is 7.17. The van der Waals surface area contributed by atoms with Gasteiger partial charge in [0.1, 0.15) is 16.5 Å². The molecular weight excluding hydrogens is 358 g/mol. The third-order valence-electron chi connectivity index (χ3n) is 4.56. The minimum Gasteiger partial charge on any atom is -0.497 e. The molecule has 2 aromatic carbocycles. The van der Waals surface area contributed by atoms with Gasteiger partial charge in [0.15, 0.2) is 0 Å². The number of ether oxygens (including phenoxy) is 2. The molecule has 1 aliphatic carbocycles. The van der Waals surface area contributed by atoms with Crippen molar-refractivity contribution in [3.8, 4) is 22.1 Å². The molecule has 3 aromatic rings. The molecular formula is C22H19NO3S. The van der Waals surface area contributed by atoms with Crippen LogP contribution in [0.15, 0.2) is 54.1 Å². The lowest BCUT2D eigenvalue weighted by atomic mass is 9.94. The van der Waals surface area contributed by atoms with Crippen LogP contribution in [0.5, 0.6) is 11.5 Å². The maximum atomic E-state index is 13.0. The highest BCUT2D eigenvalue weighted by Crippen LogP contribution is 2.35. The first-order valence-corrected chi connectivity index (χ1v) is 9.53. The number of thiazole rings is 1. The molecule has 0 spiro atoms. The van der Waals surface area contributed by atoms with Crippen LogP contribution in [0.25, 0.3) is 16.6 Å². The lowest BCUT2D eigenvalue weighted by Gasteiger charge is -2.13. The Balaban J connectivity index is 1.68. The zero-order valence-electron chi connectivity index (χ0n) is 15.2. The van der Waals surface area contributed by atoms with Crippen molar-refractivity contribution >= 4 is 23.2 Å². The van der Waals surface area contributed by atoms with Crippen molar-refractivity contribution in [1.29, 1.82) is 0 Å². The monoisotopic (exact) mass is 377 g/mol. The largest absolute Gasteiger partial charge is 0.497 e. The standard InChI is InChI=1S/C22H19NO3S/c1-25-17-11-14(12-18(13-17)26-2)10-16-8-9-19-21(20(16)24)27-22(23-19)15-6-4-3-5-7-15/h3-7,10-13H,8-9H2,1-2H3/b16-10+. The summed E-state index contributed by atoms with van der Waals surface area (Å²) >= 11 is 1.48. The molecule has 136 valence electrons. The van der Waals surface area contributed by atoms with Crippen LogP contribution in [0.2, 0.25) is 0 Å². The first-order valence-electron chi connectivity index (χ1n) is 8.71. The fraction of sp³-hybridized carbons (Fsp3) is 0.182. The van der Waals surface area contributed by atoms with Crippen molar-refractivity contribution in [1.82, 2.24) is 4.98 Å². The van der Waals surface area contributed by atoms with E-state index < -0.39 is 0 Å². The number of carbonyl (C=O) groups excluding carboxylic acids is 1. The fourth-order valence-corrected chi connectivity index (χ4v) is 4.26. The van der Waals surface area contributed by atoms with Gasteiger partial charge in [-0.05, 0) is 36.6 Å². The molecule has 0 radical (unpaired) electrons. The predicted octanol–water partition coefficient (Wildman–Crippen LogP) is 5.04. The van der Waals surface area contributed by atoms with Gasteiger partial charge in [0.25, 0.3) is 0 Å². The molecule has 0 fully saturated rings. The minimum absolute atomic E-state index is 0.0673. The highest BCUT2D eigenvalue weighted by atomic mass is 32.1. The molecule has 27 heavy (non-hydrogen) atoms. The number of carbonyl (C=O) groups is 1. The summed E-state index contributed by atoms with van der Waals surface area (Å²) in [5.74, 6) is 1.47. The van der Waals surface area contributed by atoms with Crippen molar-refractivity contribution in [2.45, 2.75) is 12.8 Å². The van der Waals surface area contributed by atoms with E-state index in [0.29, 0.717) is 17.9 Å². The fourth-order valence-electron chi connectivity index (χ4n) is 3.17. The van der Waals surface area contributed by atoms with E-state index in [0.717, 1.165) is 38.7 Å². The summed E-state index contributed by atoms with van der Waals surface area (Å²) < 4.78 is 10.6. The van der Waals surface area contributed by atoms with Crippen LogP contribution >= 0.6 is 11.3 Å². The van der Waals surface area contributed by atoms with Gasteiger partial charge in [-0.3, -0.25) is 4.79 Å². The Morgan fingerprint density at radius 3 is 2.37 bits per heavy atom. The summed E-state index contributed by atoms with van der Waals surface area (Å²) in [5, 5.41) is 0.901. The molecule has 0 N–H and O–H groups in total. The van der Waals surface area contributed by atoms with Crippen LogP contribution in [-0.4, -0.2) is 25.0 Å². The van der Waals surface area contributed by atoms with Crippen molar-refractivity contribution in [3.05, 3.63) is 70.2 Å². The second-order valence-electron chi connectivity index (χ2n) is 6.31. The minimum atomic E-state index is 0.0673. The van der Waals surface area contributed by atoms with Gasteiger partial charge < -0.3 is 9.47 Å². The number of hydrogen-bond donors (Lipinski definition) is 0. The van der Waals surface area contributed by atoms with Gasteiger partial charge in [-0.1, -0.05) is 30.3 Å². The van der Waals surface area contributed by atoms with Crippen molar-refractivity contribution < 1.29 is 14.3 Å². The first kappa shape index (κ1) is 17.5. The Bertz CT molecular complexity index is 999. The van der Waals surface area contributed by atoms with Gasteiger partial charge in [0, 0.05) is 17.2 Å². The number of benzene rings is 2. The molecule has 0 amide bonds. The van der Waals surface area contributed by atoms with E-state index in [2.05, 4.69) is 0 Å². The van der Waals surface area contributed by atoms with Crippen LogP contribution in [0, 0.1) is 0 Å². The Morgan fingerprint density at radius 2 is 1.70 bits per heavy atom. The molecule has 4 rings (SSSR count). The topological polar surface area (TPSA) is 48.4 Å². The number of hydrogen-bond acceptors (Lipinski definition) is 5. The zero-order chi connectivity index (χ0) is 18.8. The summed E-state index contributed by atoms with van der Waals surface area (Å²) in [6.07, 6.45) is 3.39. The lowest BCUT2D eigenvalue weighted by molar-refractivity contribution is 0.103. The van der Waals surface area contributed by atoms with E-state index >= 15 is 0 Å². The van der Waals surface area contributed by atoms with Crippen LogP contribution in [0.3, 0.4) is 0 Å². The number of ketones is 1. The average molecular weight is 377 g/mol. The number of methoxy groups -OCH3 is 2. The van der Waals surface area contributed by atoms with Gasteiger partial charge in [0.05, 0.1) is 24.8 Å². The maximum absolute atomic E-state index is 13.0. The summed E-state index contributed by atoms with van der Waals surface area (Å²) in [6, 6.07) is 15.6. The van der Waals surface area contributed by atoms with Gasteiger partial charge >= 0.3 is 0 Å². The van der Waals surface area contributed by atoms with E-state index in [-0.39, 0.29) is 5.78 Å². The second kappa shape index (κ2) is 7.37. The molecule has 1 heterocycles. The molecule has 0 unspecified atom stereocenters. The molecule has 1 aromatic heterocycles. The number of nitrogens with zero attached hydrogens (tertiary/aromatic N) is 1. The number of rotatable bonds is 4. The van der Waals surface area contributed by atoms with Crippen LogP contribution in [0.4, 0.5) is 0 Å². The quantitative estimate of drug-likeness (QED) is 0.598. The maximum Gasteiger partial charge on any atom is 0.200 e. The lowest BCUT2D eigenvalue weighted by Crippen LogP contribution is -2.12. The second-order valence-corrected chi connectivity index (χ2v) is 7.30. The van der Waals surface area contributed by atoms with E-state index in [1.165, 1.54) is 11.3 Å². The molecule has 5 heteroatoms. The molecule has 0 saturated heterocycles. The molecule has 0 atom stereocenters. The molecule has 0 aliphatic heterocycles. The van der Waals surface area contributed by atoms with E-state index in [1.54, 1.807) is 14.2 Å². The normalized spacial score (nSPS) is 14.9. The smallest absolute Gasteiger partial charge is 0.200 e. The SMILES string of the molecule is COc1cc(/C=C2\CCc3nc(-c4ccccc4)sc3C2=O)cc(OC)c1. The summed E-state index contributed by atoms with van der Waals surface area (Å²) in [4.78, 5) is 18.5. The van der Waals surface area contributed by atoms with Crippen LogP contribution < -0.4 is 9.47 Å². The number of aromatic nitrogens is 1. The number of Topliss-reactive ketones (excluding diaryl/α,β-unsaturated/α-hetero) is 1. The summed E-state index contributed by atoms with van der Waals surface area (Å²) in [5.41, 5.74) is 3.64. The zero-order valence-corrected chi connectivity index (χ0v) is 16.0. The van der Waals surface area contributed by atoms with E-state index in [1.807, 2.05) is 54.6 Å². The Morgan fingerprint density at radius 1 is 1.00 bits per heavy atom. The van der Waals surface area contributed by atoms with E-state index in [9.17, 15) is 4.79 Å². The predicted molar refractivity (Wildman–Crippen MR) is 108 cm³/mol. The average Bonchev–Trinajstić information content (AvgIpc) is 3.16. The highest BCUT2D eigenvalue weighted by Gasteiger charge is 2.26. The Labute approximate surface area is 162 Å². The van der Waals surface area contributed by atoms with Gasteiger partial charge in [-0.15, -0.1) is 11.3 Å². The van der Waals surface area contributed by atoms with Crippen molar-refractivity contribution in [2.24, 2.45) is 0 Å². The third-order valence-corrected chi connectivity index (χ3v) is 5.71. The summed E-state index contributed by atoms with van der Waals surface area (Å²) in [7, 11) is 3.23. The van der Waals surface area contributed by atoms with Crippen LogP contribution in [-0.2, 0) is 6.42 Å². The van der Waals surface area contributed by atoms with Crippen LogP contribution in [0.1, 0.15) is 27.3 Å². The molecule has 1 aliphatic rings. The van der Waals surface area contributed by atoms with E-state index in [4.69, 9.17) is 14.5 Å². The molecule has 0 bridgehead atoms. The summed E-state index contributed by atoms with van der Waals surface area (Å²) in [6.45, 7) is 0. The molecule has 0 saturated carbocycles. The number of allylic oxidation sites excluding steroid dienone is 1. The number of aryl methyl sites for hydroxylation is 1. The molecule has 4 nitrogen and oxygen atoms in total. The van der Waals surface area contributed by atoms with Crippen molar-refractivity contribution in [3.63, 3.8) is 0 Å². The Kier molecular flexibility index (Phi) is 4.77.